The van der Waals surface area contributed by atoms with Crippen molar-refractivity contribution >= 4 is 28.6 Å². The molecule has 1 aromatic carbocycles. The second-order valence-corrected chi connectivity index (χ2v) is 7.56. The molecule has 0 bridgehead atoms. The molecule has 1 aromatic heterocycles. The van der Waals surface area contributed by atoms with Gasteiger partial charge in [-0.3, -0.25) is 4.90 Å². The van der Waals surface area contributed by atoms with Gasteiger partial charge >= 0.3 is 0 Å². The maximum absolute atomic E-state index is 5.93. The number of hydrogen-bond donors (Lipinski definition) is 1. The SMILES string of the molecule is c1nsc(NSc2ccc3c(c2)OCCC3N2CCCCC2)n1. The summed E-state index contributed by atoms with van der Waals surface area (Å²) in [6.07, 6.45) is 6.69. The predicted octanol–water partition coefficient (Wildman–Crippen LogP) is 3.97. The van der Waals surface area contributed by atoms with E-state index in [1.54, 1.807) is 18.3 Å². The molecule has 1 N–H and O–H groups in total. The summed E-state index contributed by atoms with van der Waals surface area (Å²) in [4.78, 5) is 7.90. The number of benzene rings is 1. The van der Waals surface area contributed by atoms with E-state index in [4.69, 9.17) is 4.74 Å². The van der Waals surface area contributed by atoms with Crippen molar-refractivity contribution in [3.63, 3.8) is 0 Å². The number of nitrogens with zero attached hydrogens (tertiary/aromatic N) is 3. The summed E-state index contributed by atoms with van der Waals surface area (Å²) in [5.41, 5.74) is 1.35. The molecule has 122 valence electrons. The van der Waals surface area contributed by atoms with Gasteiger partial charge in [-0.1, -0.05) is 12.5 Å². The van der Waals surface area contributed by atoms with Gasteiger partial charge < -0.3 is 9.46 Å². The van der Waals surface area contributed by atoms with Crippen molar-refractivity contribution in [1.82, 2.24) is 14.3 Å². The van der Waals surface area contributed by atoms with Crippen molar-refractivity contribution in [3.8, 4) is 5.75 Å². The second-order valence-electron chi connectivity index (χ2n) is 5.90. The van der Waals surface area contributed by atoms with Crippen LogP contribution in [0.25, 0.3) is 0 Å². The lowest BCUT2D eigenvalue weighted by Gasteiger charge is -2.38. The standard InChI is InChI=1S/C16H20N4OS2/c1-2-7-20(8-3-1)14-6-9-21-15-10-12(4-5-13(14)15)22-19-16-17-11-18-23-16/h4-5,10-11,14H,1-3,6-9H2,(H,17,18,19). The van der Waals surface area contributed by atoms with Crippen molar-refractivity contribution in [2.24, 2.45) is 0 Å². The monoisotopic (exact) mass is 348 g/mol. The van der Waals surface area contributed by atoms with E-state index in [0.29, 0.717) is 6.04 Å². The van der Waals surface area contributed by atoms with Gasteiger partial charge in [-0.05, 0) is 50.0 Å². The molecule has 0 saturated carbocycles. The Labute approximate surface area is 144 Å². The van der Waals surface area contributed by atoms with Gasteiger partial charge in [-0.2, -0.15) is 4.37 Å². The normalized spacial score (nSPS) is 21.5. The number of rotatable bonds is 4. The fourth-order valence-electron chi connectivity index (χ4n) is 3.34. The van der Waals surface area contributed by atoms with E-state index in [9.17, 15) is 0 Å². The van der Waals surface area contributed by atoms with Crippen molar-refractivity contribution in [2.45, 2.75) is 36.6 Å². The van der Waals surface area contributed by atoms with Crippen molar-refractivity contribution < 1.29 is 4.74 Å². The molecule has 1 atom stereocenters. The molecule has 1 saturated heterocycles. The van der Waals surface area contributed by atoms with E-state index in [1.165, 1.54) is 49.4 Å². The summed E-state index contributed by atoms with van der Waals surface area (Å²) < 4.78 is 13.1. The third-order valence-electron chi connectivity index (χ3n) is 4.44. The van der Waals surface area contributed by atoms with Crippen molar-refractivity contribution in [3.05, 3.63) is 30.1 Å². The van der Waals surface area contributed by atoms with E-state index in [1.807, 2.05) is 0 Å². The fraction of sp³-hybridized carbons (Fsp3) is 0.500. The van der Waals surface area contributed by atoms with Gasteiger partial charge in [0.25, 0.3) is 0 Å². The molecule has 2 aromatic rings. The van der Waals surface area contributed by atoms with Crippen LogP contribution in [0.4, 0.5) is 5.13 Å². The Kier molecular flexibility index (Phi) is 4.68. The molecular formula is C16H20N4OS2. The van der Waals surface area contributed by atoms with Crippen LogP contribution >= 0.6 is 23.5 Å². The number of piperidine rings is 1. The zero-order chi connectivity index (χ0) is 15.5. The largest absolute Gasteiger partial charge is 0.493 e. The Hall–Kier alpha value is -1.31. The predicted molar refractivity (Wildman–Crippen MR) is 94.1 cm³/mol. The van der Waals surface area contributed by atoms with Crippen LogP contribution < -0.4 is 9.46 Å². The Morgan fingerprint density at radius 2 is 2.17 bits per heavy atom. The van der Waals surface area contributed by atoms with E-state index < -0.39 is 0 Å². The summed E-state index contributed by atoms with van der Waals surface area (Å²) in [7, 11) is 0. The first kappa shape index (κ1) is 15.2. The highest BCUT2D eigenvalue weighted by molar-refractivity contribution is 8.00. The Balaban J connectivity index is 1.49. The van der Waals surface area contributed by atoms with Gasteiger partial charge in [0.05, 0.1) is 6.61 Å². The molecule has 4 rings (SSSR count). The number of likely N-dealkylation sites (tertiary alicyclic amines) is 1. The smallest absolute Gasteiger partial charge is 0.212 e. The minimum absolute atomic E-state index is 0.522. The second kappa shape index (κ2) is 7.07. The van der Waals surface area contributed by atoms with Crippen LogP contribution in [0.3, 0.4) is 0 Å². The van der Waals surface area contributed by atoms with Crippen LogP contribution in [0.1, 0.15) is 37.3 Å². The molecule has 5 nitrogen and oxygen atoms in total. The molecule has 0 radical (unpaired) electrons. The summed E-state index contributed by atoms with van der Waals surface area (Å²) in [6.45, 7) is 3.25. The molecule has 0 amide bonds. The van der Waals surface area contributed by atoms with Gasteiger partial charge in [0.1, 0.15) is 12.1 Å². The van der Waals surface area contributed by atoms with Crippen LogP contribution in [0.5, 0.6) is 5.75 Å². The molecule has 2 aliphatic rings. The number of ether oxygens (including phenoxy) is 1. The first-order chi connectivity index (χ1) is 11.4. The topological polar surface area (TPSA) is 50.3 Å². The molecule has 2 aliphatic heterocycles. The molecular weight excluding hydrogens is 328 g/mol. The lowest BCUT2D eigenvalue weighted by Crippen LogP contribution is -2.36. The number of anilines is 1. The lowest BCUT2D eigenvalue weighted by molar-refractivity contribution is 0.119. The van der Waals surface area contributed by atoms with Crippen LogP contribution in [0, 0.1) is 0 Å². The van der Waals surface area contributed by atoms with Gasteiger partial charge in [-0.25, -0.2) is 4.98 Å². The quantitative estimate of drug-likeness (QED) is 0.844. The molecule has 0 aliphatic carbocycles. The van der Waals surface area contributed by atoms with E-state index >= 15 is 0 Å². The Morgan fingerprint density at radius 3 is 3.00 bits per heavy atom. The summed E-state index contributed by atoms with van der Waals surface area (Å²) in [6, 6.07) is 7.07. The first-order valence-corrected chi connectivity index (χ1v) is 9.69. The maximum Gasteiger partial charge on any atom is 0.212 e. The number of fused-ring (bicyclic) bond motifs is 1. The Morgan fingerprint density at radius 1 is 1.26 bits per heavy atom. The van der Waals surface area contributed by atoms with Gasteiger partial charge in [0, 0.05) is 34.5 Å². The Bertz CT molecular complexity index is 644. The molecule has 0 spiro atoms. The summed E-state index contributed by atoms with van der Waals surface area (Å²) in [5, 5.41) is 0.819. The minimum Gasteiger partial charge on any atom is -0.493 e. The van der Waals surface area contributed by atoms with E-state index in [2.05, 4.69) is 37.2 Å². The highest BCUT2D eigenvalue weighted by Crippen LogP contribution is 2.39. The van der Waals surface area contributed by atoms with Gasteiger partial charge in [-0.15, -0.1) is 0 Å². The van der Waals surface area contributed by atoms with Crippen LogP contribution in [0.15, 0.2) is 29.4 Å². The van der Waals surface area contributed by atoms with E-state index in [0.717, 1.165) is 28.8 Å². The summed E-state index contributed by atoms with van der Waals surface area (Å²) in [5.74, 6) is 1.04. The summed E-state index contributed by atoms with van der Waals surface area (Å²) >= 11 is 2.91. The van der Waals surface area contributed by atoms with Crippen molar-refractivity contribution in [1.29, 1.82) is 0 Å². The van der Waals surface area contributed by atoms with Crippen molar-refractivity contribution in [2.75, 3.05) is 24.4 Å². The average molecular weight is 348 g/mol. The molecule has 3 heterocycles. The molecule has 1 unspecified atom stereocenters. The lowest BCUT2D eigenvalue weighted by atomic mass is 9.97. The molecule has 7 heteroatoms. The molecule has 1 fully saturated rings. The van der Waals surface area contributed by atoms with Gasteiger partial charge in [0.15, 0.2) is 0 Å². The van der Waals surface area contributed by atoms with Crippen LogP contribution in [0.2, 0.25) is 0 Å². The number of aromatic nitrogens is 2. The number of nitrogens with one attached hydrogen (secondary N) is 1. The fourth-order valence-corrected chi connectivity index (χ4v) is 4.47. The number of hydrogen-bond acceptors (Lipinski definition) is 7. The van der Waals surface area contributed by atoms with Gasteiger partial charge in [0.2, 0.25) is 5.13 Å². The van der Waals surface area contributed by atoms with Crippen LogP contribution in [-0.4, -0.2) is 34.0 Å². The maximum atomic E-state index is 5.93. The first-order valence-electron chi connectivity index (χ1n) is 8.10. The third kappa shape index (κ3) is 3.46. The molecule has 23 heavy (non-hydrogen) atoms. The zero-order valence-corrected chi connectivity index (χ0v) is 14.5. The highest BCUT2D eigenvalue weighted by Gasteiger charge is 2.28. The highest BCUT2D eigenvalue weighted by atomic mass is 32.2. The average Bonchev–Trinajstić information content (AvgIpc) is 3.13. The minimum atomic E-state index is 0.522. The zero-order valence-electron chi connectivity index (χ0n) is 12.9. The van der Waals surface area contributed by atoms with Crippen LogP contribution in [-0.2, 0) is 0 Å². The third-order valence-corrected chi connectivity index (χ3v) is 5.94. The van der Waals surface area contributed by atoms with E-state index in [-0.39, 0.29) is 0 Å².